The summed E-state index contributed by atoms with van der Waals surface area (Å²) in [6.07, 6.45) is 1.61. The molecule has 8 heteroatoms. The number of aromatic nitrogens is 2. The van der Waals surface area contributed by atoms with Gasteiger partial charge in [-0.15, -0.1) is 0 Å². The summed E-state index contributed by atoms with van der Waals surface area (Å²) >= 11 is 6.16. The van der Waals surface area contributed by atoms with Crippen molar-refractivity contribution in [2.24, 2.45) is 5.41 Å². The molecular formula is C24H30ClN3O3Si. The zero-order valence-corrected chi connectivity index (χ0v) is 21.3. The van der Waals surface area contributed by atoms with Crippen molar-refractivity contribution < 1.29 is 14.0 Å². The number of benzene rings is 1. The maximum Gasteiger partial charge on any atom is 0.230 e. The van der Waals surface area contributed by atoms with E-state index in [-0.39, 0.29) is 28.9 Å². The van der Waals surface area contributed by atoms with Crippen molar-refractivity contribution in [3.63, 3.8) is 0 Å². The highest BCUT2D eigenvalue weighted by Gasteiger charge is 2.33. The third kappa shape index (κ3) is 5.11. The van der Waals surface area contributed by atoms with Crippen molar-refractivity contribution in [2.75, 3.05) is 5.32 Å². The van der Waals surface area contributed by atoms with Crippen molar-refractivity contribution in [3.05, 3.63) is 58.5 Å². The number of pyridine rings is 1. The first-order chi connectivity index (χ1) is 15.0. The van der Waals surface area contributed by atoms with E-state index in [1.54, 1.807) is 31.3 Å². The Morgan fingerprint density at radius 2 is 1.97 bits per heavy atom. The minimum Gasteiger partial charge on any atom is -0.413 e. The predicted molar refractivity (Wildman–Crippen MR) is 132 cm³/mol. The third-order valence-corrected chi connectivity index (χ3v) is 6.16. The molecule has 1 aromatic carbocycles. The minimum atomic E-state index is -1.41. The van der Waals surface area contributed by atoms with Gasteiger partial charge in [-0.3, -0.25) is 14.6 Å². The van der Waals surface area contributed by atoms with E-state index in [0.29, 0.717) is 28.3 Å². The van der Waals surface area contributed by atoms with Crippen LogP contribution in [0.5, 0.6) is 0 Å². The lowest BCUT2D eigenvalue weighted by atomic mass is 9.83. The Morgan fingerprint density at radius 1 is 1.25 bits per heavy atom. The fourth-order valence-corrected chi connectivity index (χ4v) is 4.92. The Kier molecular flexibility index (Phi) is 7.22. The highest BCUT2D eigenvalue weighted by atomic mass is 35.5. The van der Waals surface area contributed by atoms with Gasteiger partial charge < -0.3 is 14.7 Å². The molecule has 1 amide bonds. The number of ketones is 1. The lowest BCUT2D eigenvalue weighted by molar-refractivity contribution is -0.115. The maximum atomic E-state index is 13.8. The van der Waals surface area contributed by atoms with E-state index in [4.69, 9.17) is 16.0 Å². The molecule has 1 unspecified atom stereocenters. The predicted octanol–water partition coefficient (Wildman–Crippen LogP) is 5.88. The Morgan fingerprint density at radius 3 is 2.59 bits per heavy atom. The molecule has 0 radical (unpaired) electrons. The van der Waals surface area contributed by atoms with Gasteiger partial charge in [-0.25, -0.2) is 0 Å². The monoisotopic (exact) mass is 471 g/mol. The summed E-state index contributed by atoms with van der Waals surface area (Å²) < 4.78 is 6.36. The fourth-order valence-electron chi connectivity index (χ4n) is 3.65. The highest BCUT2D eigenvalue weighted by molar-refractivity contribution is 6.48. The van der Waals surface area contributed by atoms with Crippen LogP contribution in [0.3, 0.4) is 0 Å². The molecule has 0 saturated carbocycles. The molecule has 1 atom stereocenters. The van der Waals surface area contributed by atoms with Gasteiger partial charge in [0.05, 0.1) is 11.8 Å². The number of nitrogens with one attached hydrogen (secondary N) is 2. The molecule has 2 heterocycles. The van der Waals surface area contributed by atoms with Crippen LogP contribution < -0.4 is 5.32 Å². The number of hydrogen-bond donors (Lipinski definition) is 2. The summed E-state index contributed by atoms with van der Waals surface area (Å²) in [5, 5.41) is 4.13. The van der Waals surface area contributed by atoms with Crippen LogP contribution in [0.2, 0.25) is 18.1 Å². The number of H-pyrrole nitrogens is 1. The summed E-state index contributed by atoms with van der Waals surface area (Å²) in [7, 11) is -1.41. The number of rotatable bonds is 7. The van der Waals surface area contributed by atoms with Gasteiger partial charge in [-0.05, 0) is 42.8 Å². The average molecular weight is 472 g/mol. The van der Waals surface area contributed by atoms with Crippen LogP contribution in [0.15, 0.2) is 36.5 Å². The number of nitrogens with zero attached hydrogens (tertiary/aromatic N) is 1. The Balaban J connectivity index is 2.18. The number of amides is 1. The minimum absolute atomic E-state index is 0.183. The summed E-state index contributed by atoms with van der Waals surface area (Å²) in [6, 6.07) is 8.98. The summed E-state index contributed by atoms with van der Waals surface area (Å²) in [6.45, 7) is 12.3. The van der Waals surface area contributed by atoms with Crippen LogP contribution in [0.1, 0.15) is 62.0 Å². The smallest absolute Gasteiger partial charge is 0.230 e. The molecule has 3 rings (SSSR count). The molecule has 2 aromatic heterocycles. The number of fused-ring (bicyclic) bond motifs is 1. The van der Waals surface area contributed by atoms with Gasteiger partial charge in [0.1, 0.15) is 11.4 Å². The standard InChI is InChI=1S/C24H30ClN3O3Si/c1-7-18(29)28-19-15-11-10-14(25)13-17(15)27-21(19)22(30)20-16(9-8-12-26-20)23(24(2,3)4)31-32(5)6/h8-13,23,27,32H,7H2,1-6H3,(H,28,29). The van der Waals surface area contributed by atoms with E-state index in [0.717, 1.165) is 10.9 Å². The van der Waals surface area contributed by atoms with Crippen molar-refractivity contribution in [3.8, 4) is 0 Å². The second kappa shape index (κ2) is 9.56. The molecule has 170 valence electrons. The topological polar surface area (TPSA) is 84.1 Å². The molecule has 0 saturated heterocycles. The zero-order chi connectivity index (χ0) is 23.6. The molecule has 0 aliphatic heterocycles. The SMILES string of the molecule is CCC(=O)Nc1c(C(=O)c2ncccc2C(O[SiH](C)C)C(C)(C)C)[nH]c2cc(Cl)ccc12. The number of carbonyl (C=O) groups excluding carboxylic acids is 2. The quantitative estimate of drug-likeness (QED) is 0.332. The largest absolute Gasteiger partial charge is 0.413 e. The second-order valence-electron chi connectivity index (χ2n) is 9.17. The number of hydrogen-bond acceptors (Lipinski definition) is 4. The first kappa shape index (κ1) is 24.2. The van der Waals surface area contributed by atoms with Crippen molar-refractivity contribution >= 4 is 48.9 Å². The molecule has 0 spiro atoms. The molecule has 32 heavy (non-hydrogen) atoms. The van der Waals surface area contributed by atoms with E-state index in [2.05, 4.69) is 49.1 Å². The van der Waals surface area contributed by atoms with Gasteiger partial charge in [0.2, 0.25) is 11.7 Å². The first-order valence-electron chi connectivity index (χ1n) is 10.8. The van der Waals surface area contributed by atoms with E-state index >= 15 is 0 Å². The fraction of sp³-hybridized carbons (Fsp3) is 0.375. The van der Waals surface area contributed by atoms with Gasteiger partial charge in [-0.2, -0.15) is 0 Å². The van der Waals surface area contributed by atoms with E-state index in [1.165, 1.54) is 0 Å². The van der Waals surface area contributed by atoms with Crippen LogP contribution >= 0.6 is 11.6 Å². The first-order valence-corrected chi connectivity index (χ1v) is 13.9. The summed E-state index contributed by atoms with van der Waals surface area (Å²) in [4.78, 5) is 33.7. The molecule has 6 nitrogen and oxygen atoms in total. The molecule has 0 bridgehead atoms. The van der Waals surface area contributed by atoms with Gasteiger partial charge in [0.25, 0.3) is 0 Å². The van der Waals surface area contributed by atoms with E-state index in [1.807, 2.05) is 12.1 Å². The molecule has 0 aliphatic rings. The van der Waals surface area contributed by atoms with E-state index < -0.39 is 9.04 Å². The molecule has 2 N–H and O–H groups in total. The van der Waals surface area contributed by atoms with E-state index in [9.17, 15) is 9.59 Å². The lowest BCUT2D eigenvalue weighted by Gasteiger charge is -2.33. The average Bonchev–Trinajstić information content (AvgIpc) is 3.07. The van der Waals surface area contributed by atoms with Crippen LogP contribution in [0.25, 0.3) is 10.9 Å². The Bertz CT molecular complexity index is 1150. The van der Waals surface area contributed by atoms with Crippen molar-refractivity contribution in [1.29, 1.82) is 0 Å². The van der Waals surface area contributed by atoms with Crippen LogP contribution in [0, 0.1) is 5.41 Å². The Hall–Kier alpha value is -2.48. The summed E-state index contributed by atoms with van der Waals surface area (Å²) in [5.41, 5.74) is 2.21. The molecule has 0 fully saturated rings. The van der Waals surface area contributed by atoms with Crippen molar-refractivity contribution in [1.82, 2.24) is 9.97 Å². The number of carbonyl (C=O) groups is 2. The van der Waals surface area contributed by atoms with Gasteiger partial charge >= 0.3 is 0 Å². The summed E-state index contributed by atoms with van der Waals surface area (Å²) in [5.74, 6) is -0.486. The van der Waals surface area contributed by atoms with Gasteiger partial charge in [0.15, 0.2) is 9.04 Å². The highest BCUT2D eigenvalue weighted by Crippen LogP contribution is 2.39. The number of aromatic amines is 1. The van der Waals surface area contributed by atoms with Crippen LogP contribution in [-0.4, -0.2) is 30.7 Å². The number of halogens is 1. The van der Waals surface area contributed by atoms with Gasteiger partial charge in [-0.1, -0.05) is 45.4 Å². The van der Waals surface area contributed by atoms with Gasteiger partial charge in [0, 0.05) is 34.1 Å². The molecule has 3 aromatic rings. The second-order valence-corrected chi connectivity index (χ2v) is 12.0. The lowest BCUT2D eigenvalue weighted by Crippen LogP contribution is -2.28. The van der Waals surface area contributed by atoms with Crippen LogP contribution in [-0.2, 0) is 9.22 Å². The Labute approximate surface area is 195 Å². The number of anilines is 1. The molecule has 0 aliphatic carbocycles. The zero-order valence-electron chi connectivity index (χ0n) is 19.4. The normalized spacial score (nSPS) is 12.9. The molecular weight excluding hydrogens is 442 g/mol. The maximum absolute atomic E-state index is 13.8. The third-order valence-electron chi connectivity index (χ3n) is 5.10. The van der Waals surface area contributed by atoms with Crippen molar-refractivity contribution in [2.45, 2.75) is 53.3 Å². The van der Waals surface area contributed by atoms with Crippen LogP contribution in [0.4, 0.5) is 5.69 Å².